The maximum atomic E-state index is 11.7. The summed E-state index contributed by atoms with van der Waals surface area (Å²) in [6.45, 7) is 0. The summed E-state index contributed by atoms with van der Waals surface area (Å²) in [6, 6.07) is 6.56. The highest BCUT2D eigenvalue weighted by Crippen LogP contribution is 2.34. The molecule has 1 fully saturated rings. The number of hydrogen-bond donors (Lipinski definition) is 4. The van der Waals surface area contributed by atoms with E-state index >= 15 is 0 Å². The summed E-state index contributed by atoms with van der Waals surface area (Å²) in [5, 5.41) is 5.99. The van der Waals surface area contributed by atoms with E-state index < -0.39 is 17.9 Å². The summed E-state index contributed by atoms with van der Waals surface area (Å²) in [5.41, 5.74) is 11.7. The highest BCUT2D eigenvalue weighted by atomic mass is 16.5. The fourth-order valence-electron chi connectivity index (χ4n) is 2.65. The van der Waals surface area contributed by atoms with Crippen molar-refractivity contribution in [2.45, 2.75) is 25.3 Å². The molecular formula is C18H22N6O3. The van der Waals surface area contributed by atoms with Gasteiger partial charge in [-0.3, -0.25) is 9.59 Å². The number of nitrogens with two attached hydrogens (primary N) is 2. The Morgan fingerprint density at radius 2 is 2.11 bits per heavy atom. The molecule has 0 unspecified atom stereocenters. The molecule has 1 aliphatic rings. The molecule has 9 nitrogen and oxygen atoms in total. The van der Waals surface area contributed by atoms with Gasteiger partial charge in [0.2, 0.25) is 11.9 Å². The SMILES string of the molecule is COc1cccc(Nc2nc(N[C@H](CC3CC3)C(N)=O)ncc2C(N)=O)c1. The Hall–Kier alpha value is -3.36. The minimum atomic E-state index is -0.670. The van der Waals surface area contributed by atoms with E-state index in [0.29, 0.717) is 23.8 Å². The first kappa shape index (κ1) is 18.4. The average Bonchev–Trinajstić information content (AvgIpc) is 3.45. The lowest BCUT2D eigenvalue weighted by atomic mass is 10.1. The van der Waals surface area contributed by atoms with E-state index in [0.717, 1.165) is 12.8 Å². The first-order chi connectivity index (χ1) is 13.0. The zero-order valence-corrected chi connectivity index (χ0v) is 14.9. The molecule has 6 N–H and O–H groups in total. The molecule has 9 heteroatoms. The fourth-order valence-corrected chi connectivity index (χ4v) is 2.65. The Balaban J connectivity index is 1.85. The summed E-state index contributed by atoms with van der Waals surface area (Å²) in [5.74, 6) is 0.418. The molecule has 1 saturated carbocycles. The number of nitrogens with one attached hydrogen (secondary N) is 2. The number of primary amides is 2. The zero-order chi connectivity index (χ0) is 19.4. The van der Waals surface area contributed by atoms with Gasteiger partial charge in [-0.25, -0.2) is 4.98 Å². The van der Waals surface area contributed by atoms with E-state index in [-0.39, 0.29) is 17.3 Å². The van der Waals surface area contributed by atoms with Crippen molar-refractivity contribution in [1.82, 2.24) is 9.97 Å². The number of anilines is 3. The Bertz CT molecular complexity index is 853. The molecule has 27 heavy (non-hydrogen) atoms. The first-order valence-corrected chi connectivity index (χ1v) is 8.60. The number of carbonyl (C=O) groups is 2. The van der Waals surface area contributed by atoms with Crippen LogP contribution in [0.15, 0.2) is 30.5 Å². The van der Waals surface area contributed by atoms with Gasteiger partial charge in [0, 0.05) is 18.0 Å². The molecular weight excluding hydrogens is 348 g/mol. The summed E-state index contributed by atoms with van der Waals surface area (Å²) >= 11 is 0. The summed E-state index contributed by atoms with van der Waals surface area (Å²) in [4.78, 5) is 31.8. The van der Waals surface area contributed by atoms with Crippen LogP contribution in [0.5, 0.6) is 5.75 Å². The van der Waals surface area contributed by atoms with Crippen LogP contribution < -0.4 is 26.8 Å². The number of ether oxygens (including phenoxy) is 1. The second-order valence-corrected chi connectivity index (χ2v) is 6.46. The van der Waals surface area contributed by atoms with Crippen LogP contribution in [-0.4, -0.2) is 34.9 Å². The van der Waals surface area contributed by atoms with Gasteiger partial charge in [0.15, 0.2) is 0 Å². The molecule has 0 radical (unpaired) electrons. The lowest BCUT2D eigenvalue weighted by molar-refractivity contribution is -0.119. The van der Waals surface area contributed by atoms with Crippen molar-refractivity contribution >= 4 is 29.3 Å². The van der Waals surface area contributed by atoms with E-state index in [9.17, 15) is 9.59 Å². The van der Waals surface area contributed by atoms with Gasteiger partial charge < -0.3 is 26.8 Å². The second-order valence-electron chi connectivity index (χ2n) is 6.46. The Morgan fingerprint density at radius 3 is 2.74 bits per heavy atom. The third-order valence-corrected chi connectivity index (χ3v) is 4.30. The lowest BCUT2D eigenvalue weighted by Gasteiger charge is -2.16. The van der Waals surface area contributed by atoms with Gasteiger partial charge in [-0.15, -0.1) is 0 Å². The predicted molar refractivity (Wildman–Crippen MR) is 101 cm³/mol. The molecule has 2 aromatic rings. The van der Waals surface area contributed by atoms with Crippen molar-refractivity contribution in [3.8, 4) is 5.75 Å². The van der Waals surface area contributed by atoms with Gasteiger partial charge in [-0.05, 0) is 24.5 Å². The normalized spacial score (nSPS) is 14.3. The minimum absolute atomic E-state index is 0.126. The van der Waals surface area contributed by atoms with E-state index in [1.54, 1.807) is 31.4 Å². The quantitative estimate of drug-likeness (QED) is 0.522. The Labute approximate surface area is 156 Å². The number of nitrogens with zero attached hydrogens (tertiary/aromatic N) is 2. The van der Waals surface area contributed by atoms with Crippen molar-refractivity contribution in [3.63, 3.8) is 0 Å². The van der Waals surface area contributed by atoms with E-state index in [4.69, 9.17) is 16.2 Å². The lowest BCUT2D eigenvalue weighted by Crippen LogP contribution is -2.36. The molecule has 3 rings (SSSR count). The van der Waals surface area contributed by atoms with Gasteiger partial charge in [-0.2, -0.15) is 4.98 Å². The third-order valence-electron chi connectivity index (χ3n) is 4.30. The van der Waals surface area contributed by atoms with Gasteiger partial charge in [-0.1, -0.05) is 18.9 Å². The Kier molecular flexibility index (Phi) is 5.39. The second kappa shape index (κ2) is 7.90. The van der Waals surface area contributed by atoms with E-state index in [2.05, 4.69) is 20.6 Å². The molecule has 1 aromatic carbocycles. The Morgan fingerprint density at radius 1 is 1.33 bits per heavy atom. The van der Waals surface area contributed by atoms with Gasteiger partial charge in [0.25, 0.3) is 5.91 Å². The predicted octanol–water partition coefficient (Wildman–Crippen LogP) is 1.39. The molecule has 1 aromatic heterocycles. The highest BCUT2D eigenvalue weighted by Gasteiger charge is 2.29. The van der Waals surface area contributed by atoms with E-state index in [1.165, 1.54) is 6.20 Å². The molecule has 1 heterocycles. The molecule has 0 bridgehead atoms. The average molecular weight is 370 g/mol. The minimum Gasteiger partial charge on any atom is -0.497 e. The monoisotopic (exact) mass is 370 g/mol. The van der Waals surface area contributed by atoms with Crippen molar-refractivity contribution in [2.24, 2.45) is 17.4 Å². The first-order valence-electron chi connectivity index (χ1n) is 8.60. The van der Waals surface area contributed by atoms with Gasteiger partial charge in [0.05, 0.1) is 7.11 Å². The highest BCUT2D eigenvalue weighted by molar-refractivity contribution is 5.98. The summed E-state index contributed by atoms with van der Waals surface area (Å²) in [6.07, 6.45) is 4.13. The van der Waals surface area contributed by atoms with E-state index in [1.807, 2.05) is 0 Å². The van der Waals surface area contributed by atoms with Crippen LogP contribution in [0.25, 0.3) is 0 Å². The number of carbonyl (C=O) groups excluding carboxylic acids is 2. The molecule has 1 aliphatic carbocycles. The third kappa shape index (κ3) is 4.84. The van der Waals surface area contributed by atoms with Crippen LogP contribution in [0.3, 0.4) is 0 Å². The molecule has 0 aliphatic heterocycles. The van der Waals surface area contributed by atoms with Crippen LogP contribution in [0, 0.1) is 5.92 Å². The van der Waals surface area contributed by atoms with Crippen LogP contribution in [0.2, 0.25) is 0 Å². The van der Waals surface area contributed by atoms with Crippen LogP contribution in [-0.2, 0) is 4.79 Å². The van der Waals surface area contributed by atoms with Crippen LogP contribution in [0.1, 0.15) is 29.6 Å². The summed E-state index contributed by atoms with van der Waals surface area (Å²) in [7, 11) is 1.56. The molecule has 142 valence electrons. The van der Waals surface area contributed by atoms with Gasteiger partial charge in [0.1, 0.15) is 23.2 Å². The zero-order valence-electron chi connectivity index (χ0n) is 14.9. The number of hydrogen-bond acceptors (Lipinski definition) is 7. The largest absolute Gasteiger partial charge is 0.497 e. The summed E-state index contributed by atoms with van der Waals surface area (Å²) < 4.78 is 5.19. The molecule has 2 amide bonds. The maximum absolute atomic E-state index is 11.7. The maximum Gasteiger partial charge on any atom is 0.254 e. The smallest absolute Gasteiger partial charge is 0.254 e. The van der Waals surface area contributed by atoms with Crippen molar-refractivity contribution in [3.05, 3.63) is 36.0 Å². The molecule has 1 atom stereocenters. The molecule has 0 spiro atoms. The van der Waals surface area contributed by atoms with Crippen molar-refractivity contribution in [1.29, 1.82) is 0 Å². The van der Waals surface area contributed by atoms with Gasteiger partial charge >= 0.3 is 0 Å². The standard InChI is InChI=1S/C18H22N6O3/c1-27-12-4-2-3-11(8-12)22-17-13(15(19)25)9-21-18(24-17)23-14(16(20)26)7-10-5-6-10/h2-4,8-10,14H,5-7H2,1H3,(H2,19,25)(H2,20,26)(H2,21,22,23,24)/t14-/m1/s1. The van der Waals surface area contributed by atoms with Crippen LogP contribution >= 0.6 is 0 Å². The number of aromatic nitrogens is 2. The van der Waals surface area contributed by atoms with Crippen LogP contribution in [0.4, 0.5) is 17.5 Å². The number of rotatable bonds is 9. The number of methoxy groups -OCH3 is 1. The number of benzene rings is 1. The molecule has 0 saturated heterocycles. The number of amides is 2. The van der Waals surface area contributed by atoms with Crippen molar-refractivity contribution in [2.75, 3.05) is 17.7 Å². The fraction of sp³-hybridized carbons (Fsp3) is 0.333. The van der Waals surface area contributed by atoms with Crippen molar-refractivity contribution < 1.29 is 14.3 Å². The topological polar surface area (TPSA) is 145 Å².